The molecule has 0 atom stereocenters. The van der Waals surface area contributed by atoms with Crippen LogP contribution < -0.4 is 0 Å². The van der Waals surface area contributed by atoms with Gasteiger partial charge in [0.1, 0.15) is 11.5 Å². The molecule has 0 radical (unpaired) electrons. The summed E-state index contributed by atoms with van der Waals surface area (Å²) in [6.45, 7) is 7.21. The maximum Gasteiger partial charge on any atom is 0.242 e. The quantitative estimate of drug-likeness (QED) is 0.209. The number of benzene rings is 3. The molecular weight excluding hydrogens is 538 g/mol. The fourth-order valence-electron chi connectivity index (χ4n) is 5.59. The molecular formula is C36H41N3O4. The molecule has 1 aliphatic rings. The van der Waals surface area contributed by atoms with Crippen molar-refractivity contribution < 1.29 is 18.7 Å². The van der Waals surface area contributed by atoms with Crippen molar-refractivity contribution in [2.75, 3.05) is 45.9 Å². The third-order valence-electron chi connectivity index (χ3n) is 7.87. The fraction of sp³-hybridized carbons (Fsp3) is 0.333. The molecule has 1 aromatic heterocycles. The van der Waals surface area contributed by atoms with E-state index in [1.807, 2.05) is 110 Å². The minimum Gasteiger partial charge on any atom is -0.464 e. The molecule has 7 heteroatoms. The predicted molar refractivity (Wildman–Crippen MR) is 167 cm³/mol. The highest BCUT2D eigenvalue weighted by Crippen LogP contribution is 2.27. The third kappa shape index (κ3) is 8.66. The molecule has 0 saturated carbocycles. The van der Waals surface area contributed by atoms with Crippen molar-refractivity contribution in [3.05, 3.63) is 131 Å². The highest BCUT2D eigenvalue weighted by Gasteiger charge is 2.30. The van der Waals surface area contributed by atoms with Gasteiger partial charge in [-0.05, 0) is 42.2 Å². The van der Waals surface area contributed by atoms with Gasteiger partial charge in [-0.3, -0.25) is 14.5 Å². The Morgan fingerprint density at radius 1 is 0.767 bits per heavy atom. The average molecular weight is 580 g/mol. The molecule has 224 valence electrons. The summed E-state index contributed by atoms with van der Waals surface area (Å²) in [5.41, 5.74) is 2.85. The van der Waals surface area contributed by atoms with Gasteiger partial charge in [0.2, 0.25) is 11.8 Å². The van der Waals surface area contributed by atoms with Gasteiger partial charge in [-0.1, -0.05) is 91.0 Å². The smallest absolute Gasteiger partial charge is 0.242 e. The molecule has 0 unspecified atom stereocenters. The van der Waals surface area contributed by atoms with Crippen molar-refractivity contribution in [2.24, 2.45) is 0 Å². The number of furan rings is 1. The monoisotopic (exact) mass is 579 g/mol. The van der Waals surface area contributed by atoms with E-state index in [0.29, 0.717) is 19.6 Å². The summed E-state index contributed by atoms with van der Waals surface area (Å²) in [7, 11) is 0. The largest absolute Gasteiger partial charge is 0.464 e. The molecule has 5 rings (SSSR count). The fourth-order valence-corrected chi connectivity index (χ4v) is 5.59. The molecule has 4 aromatic rings. The first-order valence-corrected chi connectivity index (χ1v) is 15.1. The summed E-state index contributed by atoms with van der Waals surface area (Å²) in [6, 6.07) is 33.5. The van der Waals surface area contributed by atoms with Crippen LogP contribution in [0.25, 0.3) is 0 Å². The molecule has 1 fully saturated rings. The summed E-state index contributed by atoms with van der Waals surface area (Å²) in [5, 5.41) is 0. The van der Waals surface area contributed by atoms with E-state index in [2.05, 4.69) is 4.90 Å². The SMILES string of the molecule is Cc1ccc(CN(Cc2ccccc2)C(=O)CN(CCCN2CCOCC2)C(=O)C(c2ccccc2)c2ccccc2)o1. The number of hydrogen-bond acceptors (Lipinski definition) is 5. The van der Waals surface area contributed by atoms with Gasteiger partial charge in [0.05, 0.1) is 32.2 Å². The lowest BCUT2D eigenvalue weighted by Gasteiger charge is -2.32. The number of carbonyl (C=O) groups is 2. The van der Waals surface area contributed by atoms with Crippen molar-refractivity contribution in [3.8, 4) is 0 Å². The molecule has 43 heavy (non-hydrogen) atoms. The number of amides is 2. The topological polar surface area (TPSA) is 66.2 Å². The van der Waals surface area contributed by atoms with Crippen LogP contribution >= 0.6 is 0 Å². The van der Waals surface area contributed by atoms with Crippen LogP contribution in [0.2, 0.25) is 0 Å². The zero-order chi connectivity index (χ0) is 29.9. The number of hydrogen-bond donors (Lipinski definition) is 0. The van der Waals surface area contributed by atoms with Crippen LogP contribution in [0.4, 0.5) is 0 Å². The Bertz CT molecular complexity index is 1380. The number of rotatable bonds is 13. The van der Waals surface area contributed by atoms with Crippen molar-refractivity contribution in [1.82, 2.24) is 14.7 Å². The number of aryl methyl sites for hydroxylation is 1. The lowest BCUT2D eigenvalue weighted by Crippen LogP contribution is -2.45. The molecule has 2 heterocycles. The number of ether oxygens (including phenoxy) is 1. The Kier molecular flexibility index (Phi) is 10.8. The van der Waals surface area contributed by atoms with Gasteiger partial charge in [-0.15, -0.1) is 0 Å². The minimum atomic E-state index is -0.506. The summed E-state index contributed by atoms with van der Waals surface area (Å²) in [6.07, 6.45) is 0.769. The number of carbonyl (C=O) groups excluding carboxylic acids is 2. The zero-order valence-corrected chi connectivity index (χ0v) is 24.9. The Balaban J connectivity index is 1.40. The van der Waals surface area contributed by atoms with E-state index in [-0.39, 0.29) is 18.4 Å². The van der Waals surface area contributed by atoms with Crippen molar-refractivity contribution in [1.29, 1.82) is 0 Å². The maximum atomic E-state index is 14.5. The molecule has 7 nitrogen and oxygen atoms in total. The highest BCUT2D eigenvalue weighted by atomic mass is 16.5. The number of nitrogens with zero attached hydrogens (tertiary/aromatic N) is 3. The first-order chi connectivity index (χ1) is 21.1. The van der Waals surface area contributed by atoms with E-state index in [9.17, 15) is 9.59 Å². The van der Waals surface area contributed by atoms with E-state index >= 15 is 0 Å². The van der Waals surface area contributed by atoms with Crippen LogP contribution in [0, 0.1) is 6.92 Å². The first kappa shape index (κ1) is 30.3. The zero-order valence-electron chi connectivity index (χ0n) is 24.9. The molecule has 0 spiro atoms. The van der Waals surface area contributed by atoms with Crippen LogP contribution in [0.5, 0.6) is 0 Å². The van der Waals surface area contributed by atoms with Crippen LogP contribution in [0.1, 0.15) is 40.5 Å². The lowest BCUT2D eigenvalue weighted by molar-refractivity contribution is -0.141. The van der Waals surface area contributed by atoms with Gasteiger partial charge in [0.15, 0.2) is 0 Å². The van der Waals surface area contributed by atoms with Crippen LogP contribution in [0.15, 0.2) is 108 Å². The summed E-state index contributed by atoms with van der Waals surface area (Å²) < 4.78 is 11.4. The molecule has 2 amide bonds. The van der Waals surface area contributed by atoms with E-state index in [1.165, 1.54) is 0 Å². The number of morpholine rings is 1. The van der Waals surface area contributed by atoms with Crippen LogP contribution in [0.3, 0.4) is 0 Å². The van der Waals surface area contributed by atoms with Gasteiger partial charge in [-0.25, -0.2) is 0 Å². The van der Waals surface area contributed by atoms with E-state index < -0.39 is 5.92 Å². The standard InChI is InChI=1S/C36H41N3O4/c1-29-18-19-33(43-29)27-39(26-30-12-5-2-6-13-30)34(40)28-38(21-11-20-37-22-24-42-25-23-37)36(41)35(31-14-7-3-8-15-31)32-16-9-4-10-17-32/h2-10,12-19,35H,11,20-28H2,1H3. The second kappa shape index (κ2) is 15.3. The summed E-state index contributed by atoms with van der Waals surface area (Å²) in [4.78, 5) is 34.5. The Morgan fingerprint density at radius 2 is 1.37 bits per heavy atom. The maximum absolute atomic E-state index is 14.5. The lowest BCUT2D eigenvalue weighted by atomic mass is 9.90. The average Bonchev–Trinajstić information content (AvgIpc) is 3.46. The second-order valence-corrected chi connectivity index (χ2v) is 11.1. The molecule has 0 N–H and O–H groups in total. The summed E-state index contributed by atoms with van der Waals surface area (Å²) >= 11 is 0. The van der Waals surface area contributed by atoms with Gasteiger partial charge in [0.25, 0.3) is 0 Å². The second-order valence-electron chi connectivity index (χ2n) is 11.1. The van der Waals surface area contributed by atoms with E-state index in [1.54, 1.807) is 9.80 Å². The molecule has 1 aliphatic heterocycles. The summed E-state index contributed by atoms with van der Waals surface area (Å²) in [5.74, 6) is 0.835. The molecule has 3 aromatic carbocycles. The van der Waals surface area contributed by atoms with Gasteiger partial charge in [-0.2, -0.15) is 0 Å². The molecule has 1 saturated heterocycles. The van der Waals surface area contributed by atoms with E-state index in [4.69, 9.17) is 9.15 Å². The molecule has 0 bridgehead atoms. The van der Waals surface area contributed by atoms with Crippen LogP contribution in [-0.2, 0) is 27.4 Å². The first-order valence-electron chi connectivity index (χ1n) is 15.1. The van der Waals surface area contributed by atoms with Gasteiger partial charge in [0, 0.05) is 32.7 Å². The van der Waals surface area contributed by atoms with Gasteiger partial charge >= 0.3 is 0 Å². The highest BCUT2D eigenvalue weighted by molar-refractivity contribution is 5.91. The predicted octanol–water partition coefficient (Wildman–Crippen LogP) is 5.50. The Morgan fingerprint density at radius 3 is 1.95 bits per heavy atom. The normalized spacial score (nSPS) is 13.6. The van der Waals surface area contributed by atoms with Crippen molar-refractivity contribution >= 4 is 11.8 Å². The van der Waals surface area contributed by atoms with Crippen LogP contribution in [-0.4, -0.2) is 72.5 Å². The van der Waals surface area contributed by atoms with E-state index in [0.717, 1.165) is 67.5 Å². The van der Waals surface area contributed by atoms with Gasteiger partial charge < -0.3 is 19.0 Å². The Hall–Kier alpha value is -4.20. The Labute approximate surface area is 254 Å². The van der Waals surface area contributed by atoms with Crippen molar-refractivity contribution in [3.63, 3.8) is 0 Å². The van der Waals surface area contributed by atoms with Crippen molar-refractivity contribution in [2.45, 2.75) is 32.4 Å². The third-order valence-corrected chi connectivity index (χ3v) is 7.87. The minimum absolute atomic E-state index is 0.00929. The molecule has 0 aliphatic carbocycles.